The molecule has 4 N–H and O–H groups in total. The molecular formula is C9H12N2O6. The van der Waals surface area contributed by atoms with Gasteiger partial charge in [0.2, 0.25) is 0 Å². The van der Waals surface area contributed by atoms with E-state index in [9.17, 15) is 19.8 Å². The Balaban J connectivity index is 2.35. The summed E-state index contributed by atoms with van der Waals surface area (Å²) in [5, 5.41) is 28.1. The second-order valence-electron chi connectivity index (χ2n) is 3.75. The normalized spacial score (nSPS) is 32.9. The van der Waals surface area contributed by atoms with Crippen molar-refractivity contribution < 1.29 is 20.1 Å². The Labute approximate surface area is 94.7 Å². The Morgan fingerprint density at radius 1 is 1.35 bits per heavy atom. The van der Waals surface area contributed by atoms with Crippen LogP contribution in [-0.4, -0.2) is 49.8 Å². The second-order valence-corrected chi connectivity index (χ2v) is 3.75. The summed E-state index contributed by atoms with van der Waals surface area (Å²) in [5.41, 5.74) is -1.33. The second kappa shape index (κ2) is 4.41. The molecule has 0 amide bonds. The first-order valence-electron chi connectivity index (χ1n) is 4.98. The summed E-state index contributed by atoms with van der Waals surface area (Å²) in [6.07, 6.45) is -3.58. The van der Waals surface area contributed by atoms with E-state index in [0.29, 0.717) is 0 Å². The van der Waals surface area contributed by atoms with Crippen LogP contribution in [0.15, 0.2) is 21.9 Å². The van der Waals surface area contributed by atoms with Crippen LogP contribution in [0.1, 0.15) is 6.23 Å². The van der Waals surface area contributed by atoms with E-state index in [1.165, 1.54) is 0 Å². The number of rotatable bonds is 2. The number of aromatic nitrogens is 2. The molecule has 0 spiro atoms. The number of H-pyrrole nitrogens is 1. The van der Waals surface area contributed by atoms with Crippen LogP contribution in [0, 0.1) is 0 Å². The van der Waals surface area contributed by atoms with Crippen LogP contribution in [0.2, 0.25) is 0 Å². The molecule has 8 heteroatoms. The Morgan fingerprint density at radius 2 is 2.06 bits per heavy atom. The quantitative estimate of drug-likeness (QED) is 0.444. The van der Waals surface area contributed by atoms with E-state index in [2.05, 4.69) is 0 Å². The largest absolute Gasteiger partial charge is 0.394 e. The maximum atomic E-state index is 11.4. The summed E-state index contributed by atoms with van der Waals surface area (Å²) < 4.78 is 6.08. The third-order valence-electron chi connectivity index (χ3n) is 2.64. The predicted molar refractivity (Wildman–Crippen MR) is 54.3 cm³/mol. The number of hydrogen-bond acceptors (Lipinski definition) is 6. The van der Waals surface area contributed by atoms with E-state index in [1.807, 2.05) is 4.98 Å². The molecule has 0 aliphatic carbocycles. The first-order valence-corrected chi connectivity index (χ1v) is 4.98. The average molecular weight is 244 g/mol. The van der Waals surface area contributed by atoms with Gasteiger partial charge in [0.15, 0.2) is 6.23 Å². The zero-order valence-corrected chi connectivity index (χ0v) is 8.68. The van der Waals surface area contributed by atoms with E-state index in [1.54, 1.807) is 0 Å². The minimum atomic E-state index is -1.35. The van der Waals surface area contributed by atoms with Gasteiger partial charge in [0, 0.05) is 12.3 Å². The lowest BCUT2D eigenvalue weighted by atomic mass is 10.1. The van der Waals surface area contributed by atoms with Crippen molar-refractivity contribution in [3.05, 3.63) is 33.1 Å². The Morgan fingerprint density at radius 3 is 2.59 bits per heavy atom. The molecule has 0 bridgehead atoms. The molecule has 2 heterocycles. The van der Waals surface area contributed by atoms with Crippen LogP contribution in [0.3, 0.4) is 0 Å². The van der Waals surface area contributed by atoms with Gasteiger partial charge >= 0.3 is 5.69 Å². The van der Waals surface area contributed by atoms with E-state index in [0.717, 1.165) is 16.8 Å². The number of ether oxygens (including phenoxy) is 1. The van der Waals surface area contributed by atoms with Gasteiger partial charge in [-0.2, -0.15) is 0 Å². The molecular weight excluding hydrogens is 232 g/mol. The minimum absolute atomic E-state index is 0.479. The molecule has 2 rings (SSSR count). The molecule has 0 radical (unpaired) electrons. The van der Waals surface area contributed by atoms with Gasteiger partial charge in [-0.1, -0.05) is 0 Å². The van der Waals surface area contributed by atoms with Crippen molar-refractivity contribution in [3.63, 3.8) is 0 Å². The fraction of sp³-hybridized carbons (Fsp3) is 0.556. The average Bonchev–Trinajstić information content (AvgIpc) is 2.57. The molecule has 0 saturated carbocycles. The van der Waals surface area contributed by atoms with Crippen LogP contribution in [0.5, 0.6) is 0 Å². The zero-order chi connectivity index (χ0) is 12.6. The SMILES string of the molecule is O=c1ccn([C@@H]2O[C@@H](CO)[C@@H](O)[C@@H]2O)c(=O)[nH]1. The Kier molecular flexibility index (Phi) is 3.11. The van der Waals surface area contributed by atoms with E-state index in [-0.39, 0.29) is 0 Å². The highest BCUT2D eigenvalue weighted by molar-refractivity contribution is 4.92. The van der Waals surface area contributed by atoms with Gasteiger partial charge in [0.05, 0.1) is 6.61 Å². The fourth-order valence-electron chi connectivity index (χ4n) is 1.74. The fourth-order valence-corrected chi connectivity index (χ4v) is 1.74. The lowest BCUT2D eigenvalue weighted by molar-refractivity contribution is -0.0550. The number of aliphatic hydroxyl groups is 3. The summed E-state index contributed by atoms with van der Waals surface area (Å²) in [6, 6.07) is 1.09. The summed E-state index contributed by atoms with van der Waals surface area (Å²) in [6.45, 7) is -0.479. The molecule has 1 fully saturated rings. The minimum Gasteiger partial charge on any atom is -0.394 e. The maximum absolute atomic E-state index is 11.4. The van der Waals surface area contributed by atoms with Crippen molar-refractivity contribution in [1.29, 1.82) is 0 Å². The number of nitrogens with one attached hydrogen (secondary N) is 1. The maximum Gasteiger partial charge on any atom is 0.330 e. The molecule has 17 heavy (non-hydrogen) atoms. The molecule has 0 aromatic carbocycles. The third kappa shape index (κ3) is 2.03. The highest BCUT2D eigenvalue weighted by Gasteiger charge is 2.43. The van der Waals surface area contributed by atoms with E-state index >= 15 is 0 Å². The summed E-state index contributed by atoms with van der Waals surface area (Å²) in [5.74, 6) is 0. The first kappa shape index (κ1) is 12.0. The summed E-state index contributed by atoms with van der Waals surface area (Å²) in [7, 11) is 0. The Bertz CT molecular complexity index is 509. The first-order chi connectivity index (χ1) is 8.04. The highest BCUT2D eigenvalue weighted by Crippen LogP contribution is 2.27. The molecule has 4 atom stereocenters. The lowest BCUT2D eigenvalue weighted by Gasteiger charge is -2.16. The van der Waals surface area contributed by atoms with Gasteiger partial charge in [-0.3, -0.25) is 14.3 Å². The number of hydrogen-bond donors (Lipinski definition) is 4. The van der Waals surface area contributed by atoms with Gasteiger partial charge in [-0.05, 0) is 0 Å². The van der Waals surface area contributed by atoms with Crippen molar-refractivity contribution in [2.24, 2.45) is 0 Å². The van der Waals surface area contributed by atoms with Crippen molar-refractivity contribution >= 4 is 0 Å². The Hall–Kier alpha value is -1.48. The van der Waals surface area contributed by atoms with Crippen LogP contribution in [0.4, 0.5) is 0 Å². The molecule has 1 aromatic rings. The topological polar surface area (TPSA) is 125 Å². The summed E-state index contributed by atoms with van der Waals surface area (Å²) in [4.78, 5) is 24.3. The lowest BCUT2D eigenvalue weighted by Crippen LogP contribution is -2.37. The van der Waals surface area contributed by atoms with Crippen LogP contribution >= 0.6 is 0 Å². The molecule has 94 valence electrons. The standard InChI is InChI=1S/C9H12N2O6/c12-3-4-6(14)7(15)8(17-4)11-2-1-5(13)10-9(11)16/h1-2,4,6-8,12,14-15H,3H2,(H,10,13,16)/t4-,6+,7-,8+/m0/s1. The van der Waals surface area contributed by atoms with Gasteiger partial charge in [-0.25, -0.2) is 4.79 Å². The monoisotopic (exact) mass is 244 g/mol. The van der Waals surface area contributed by atoms with Crippen molar-refractivity contribution in [1.82, 2.24) is 9.55 Å². The van der Waals surface area contributed by atoms with Gasteiger partial charge in [-0.15, -0.1) is 0 Å². The molecule has 1 aliphatic rings. The number of aromatic amines is 1. The number of nitrogens with zero attached hydrogens (tertiary/aromatic N) is 1. The highest BCUT2D eigenvalue weighted by atomic mass is 16.6. The smallest absolute Gasteiger partial charge is 0.330 e. The van der Waals surface area contributed by atoms with E-state index < -0.39 is 42.4 Å². The third-order valence-corrected chi connectivity index (χ3v) is 2.64. The van der Waals surface area contributed by atoms with Crippen molar-refractivity contribution in [2.75, 3.05) is 6.61 Å². The van der Waals surface area contributed by atoms with Gasteiger partial charge in [0.1, 0.15) is 18.3 Å². The van der Waals surface area contributed by atoms with E-state index in [4.69, 9.17) is 9.84 Å². The van der Waals surface area contributed by atoms with Gasteiger partial charge in [0.25, 0.3) is 5.56 Å². The molecule has 8 nitrogen and oxygen atoms in total. The molecule has 1 saturated heterocycles. The van der Waals surface area contributed by atoms with Crippen molar-refractivity contribution in [2.45, 2.75) is 24.5 Å². The van der Waals surface area contributed by atoms with Crippen LogP contribution < -0.4 is 11.2 Å². The van der Waals surface area contributed by atoms with Crippen LogP contribution in [-0.2, 0) is 4.74 Å². The summed E-state index contributed by atoms with van der Waals surface area (Å²) >= 11 is 0. The molecule has 1 aliphatic heterocycles. The predicted octanol–water partition coefficient (Wildman–Crippen LogP) is -2.85. The van der Waals surface area contributed by atoms with Crippen molar-refractivity contribution in [3.8, 4) is 0 Å². The number of aliphatic hydroxyl groups excluding tert-OH is 3. The molecule has 0 unspecified atom stereocenters. The molecule has 1 aromatic heterocycles. The van der Waals surface area contributed by atoms with Gasteiger partial charge < -0.3 is 20.1 Å². The zero-order valence-electron chi connectivity index (χ0n) is 8.68. The van der Waals surface area contributed by atoms with Crippen LogP contribution in [0.25, 0.3) is 0 Å².